The van der Waals surface area contributed by atoms with E-state index in [0.717, 1.165) is 0 Å². The van der Waals surface area contributed by atoms with Gasteiger partial charge in [-0.2, -0.15) is 0 Å². The first-order valence-electron chi connectivity index (χ1n) is 6.83. The van der Waals surface area contributed by atoms with Gasteiger partial charge in [-0.25, -0.2) is 4.79 Å². The normalized spacial score (nSPS) is 13.4. The second-order valence-electron chi connectivity index (χ2n) is 5.74. The highest BCUT2D eigenvalue weighted by molar-refractivity contribution is 5.86. The lowest BCUT2D eigenvalue weighted by Gasteiger charge is -2.21. The summed E-state index contributed by atoms with van der Waals surface area (Å²) in [4.78, 5) is 21.9. The lowest BCUT2D eigenvalue weighted by atomic mass is 9.82. The van der Waals surface area contributed by atoms with Crippen LogP contribution in [-0.2, 0) is 14.3 Å². The number of carbonyl (C=O) groups excluding carboxylic acids is 2. The predicted octanol–water partition coefficient (Wildman–Crippen LogP) is 3.88. The number of esters is 1. The van der Waals surface area contributed by atoms with Crippen LogP contribution in [0.1, 0.15) is 48.5 Å². The molecule has 0 N–H and O–H groups in total. The van der Waals surface area contributed by atoms with E-state index >= 15 is 0 Å². The van der Waals surface area contributed by atoms with Gasteiger partial charge in [-0.1, -0.05) is 48.1 Å². The molecular formula is C16H30O3. The number of carbonyl (C=O) groups is 2. The monoisotopic (exact) mass is 270 g/mol. The van der Waals surface area contributed by atoms with Crippen LogP contribution in [0.25, 0.3) is 0 Å². The summed E-state index contributed by atoms with van der Waals surface area (Å²) >= 11 is 0. The van der Waals surface area contributed by atoms with Crippen LogP contribution in [0.15, 0.2) is 12.2 Å². The van der Waals surface area contributed by atoms with E-state index in [0.29, 0.717) is 23.2 Å². The van der Waals surface area contributed by atoms with Gasteiger partial charge in [0.05, 0.1) is 7.11 Å². The second kappa shape index (κ2) is 9.76. The van der Waals surface area contributed by atoms with Crippen molar-refractivity contribution in [2.75, 3.05) is 7.11 Å². The molecule has 0 spiro atoms. The number of Topliss-reactive ketones (excluding diaryl/α,β-unsaturated/α-hetero) is 1. The molecule has 0 radical (unpaired) electrons. The smallest absolute Gasteiger partial charge is 0.332 e. The largest absolute Gasteiger partial charge is 0.466 e. The van der Waals surface area contributed by atoms with Crippen molar-refractivity contribution in [3.8, 4) is 0 Å². The molecule has 0 aliphatic heterocycles. The number of hydrogen-bond donors (Lipinski definition) is 0. The van der Waals surface area contributed by atoms with E-state index in [2.05, 4.69) is 39.0 Å². The molecule has 19 heavy (non-hydrogen) atoms. The fourth-order valence-electron chi connectivity index (χ4n) is 1.25. The first-order chi connectivity index (χ1) is 8.56. The van der Waals surface area contributed by atoms with Crippen molar-refractivity contribution in [3.63, 3.8) is 0 Å². The van der Waals surface area contributed by atoms with Gasteiger partial charge < -0.3 is 4.74 Å². The lowest BCUT2D eigenvalue weighted by molar-refractivity contribution is -0.136. The SMILES string of the molecule is C=C(C)C(=O)OC.CC(C)C(C)C(=O)C(C)C(C)C. The van der Waals surface area contributed by atoms with Gasteiger partial charge in [0.25, 0.3) is 0 Å². The van der Waals surface area contributed by atoms with Crippen molar-refractivity contribution in [2.45, 2.75) is 48.5 Å². The van der Waals surface area contributed by atoms with Crippen LogP contribution >= 0.6 is 0 Å². The maximum Gasteiger partial charge on any atom is 0.332 e. The molecule has 2 atom stereocenters. The molecule has 0 aromatic heterocycles. The Balaban J connectivity index is 0. The van der Waals surface area contributed by atoms with Gasteiger partial charge in [0.15, 0.2) is 0 Å². The molecule has 3 nitrogen and oxygen atoms in total. The first-order valence-corrected chi connectivity index (χ1v) is 6.83. The van der Waals surface area contributed by atoms with Crippen molar-refractivity contribution in [1.82, 2.24) is 0 Å². The molecule has 3 heteroatoms. The molecule has 0 aromatic carbocycles. The summed E-state index contributed by atoms with van der Waals surface area (Å²) in [5, 5.41) is 0. The Morgan fingerprint density at radius 3 is 1.32 bits per heavy atom. The molecule has 0 aliphatic rings. The van der Waals surface area contributed by atoms with E-state index < -0.39 is 0 Å². The number of ketones is 1. The fourth-order valence-corrected chi connectivity index (χ4v) is 1.25. The minimum atomic E-state index is -0.347. The Kier molecular flexibility index (Phi) is 10.4. The molecule has 0 saturated carbocycles. The van der Waals surface area contributed by atoms with Crippen molar-refractivity contribution in [1.29, 1.82) is 0 Å². The van der Waals surface area contributed by atoms with Gasteiger partial charge in [0, 0.05) is 17.4 Å². The van der Waals surface area contributed by atoms with E-state index in [1.807, 2.05) is 13.8 Å². The number of ether oxygens (including phenoxy) is 1. The molecule has 0 bridgehead atoms. The Labute approximate surface area is 118 Å². The molecule has 0 amide bonds. The summed E-state index contributed by atoms with van der Waals surface area (Å²) in [6.45, 7) is 17.4. The van der Waals surface area contributed by atoms with Gasteiger partial charge in [-0.3, -0.25) is 4.79 Å². The molecule has 0 aromatic rings. The van der Waals surface area contributed by atoms with Crippen molar-refractivity contribution >= 4 is 11.8 Å². The van der Waals surface area contributed by atoms with Crippen LogP contribution in [0.5, 0.6) is 0 Å². The molecular weight excluding hydrogens is 240 g/mol. The Morgan fingerprint density at radius 1 is 0.895 bits per heavy atom. The van der Waals surface area contributed by atoms with E-state index in [-0.39, 0.29) is 17.8 Å². The zero-order valence-electron chi connectivity index (χ0n) is 13.7. The lowest BCUT2D eigenvalue weighted by Crippen LogP contribution is -2.26. The minimum absolute atomic E-state index is 0.211. The van der Waals surface area contributed by atoms with E-state index in [4.69, 9.17) is 0 Å². The predicted molar refractivity (Wildman–Crippen MR) is 79.8 cm³/mol. The van der Waals surface area contributed by atoms with E-state index in [9.17, 15) is 9.59 Å². The average Bonchev–Trinajstić information content (AvgIpc) is 2.35. The first kappa shape index (κ1) is 20.2. The van der Waals surface area contributed by atoms with E-state index in [1.54, 1.807) is 6.92 Å². The number of hydrogen-bond acceptors (Lipinski definition) is 3. The summed E-state index contributed by atoms with van der Waals surface area (Å²) in [6.07, 6.45) is 0. The van der Waals surface area contributed by atoms with Crippen molar-refractivity contribution in [2.24, 2.45) is 23.7 Å². The fraction of sp³-hybridized carbons (Fsp3) is 0.750. The van der Waals surface area contributed by atoms with Crippen LogP contribution in [0, 0.1) is 23.7 Å². The second-order valence-corrected chi connectivity index (χ2v) is 5.74. The third-order valence-electron chi connectivity index (χ3n) is 3.43. The highest BCUT2D eigenvalue weighted by Gasteiger charge is 2.24. The summed E-state index contributed by atoms with van der Waals surface area (Å²) in [5.41, 5.74) is 0.433. The highest BCUT2D eigenvalue weighted by Crippen LogP contribution is 2.20. The van der Waals surface area contributed by atoms with Gasteiger partial charge in [-0.05, 0) is 18.8 Å². The molecule has 0 aliphatic carbocycles. The van der Waals surface area contributed by atoms with Crippen LogP contribution in [0.3, 0.4) is 0 Å². The average molecular weight is 270 g/mol. The Morgan fingerprint density at radius 2 is 1.21 bits per heavy atom. The third-order valence-corrected chi connectivity index (χ3v) is 3.43. The van der Waals surface area contributed by atoms with Crippen LogP contribution in [0.2, 0.25) is 0 Å². The Bertz CT molecular complexity index is 287. The zero-order chi connectivity index (χ0) is 15.7. The van der Waals surface area contributed by atoms with Gasteiger partial charge in [-0.15, -0.1) is 0 Å². The number of methoxy groups -OCH3 is 1. The van der Waals surface area contributed by atoms with Gasteiger partial charge >= 0.3 is 5.97 Å². The Hall–Kier alpha value is -1.12. The van der Waals surface area contributed by atoms with Crippen molar-refractivity contribution < 1.29 is 14.3 Å². The van der Waals surface area contributed by atoms with E-state index in [1.165, 1.54) is 7.11 Å². The summed E-state index contributed by atoms with van der Waals surface area (Å²) in [7, 11) is 1.33. The summed E-state index contributed by atoms with van der Waals surface area (Å²) in [5.74, 6) is 1.43. The van der Waals surface area contributed by atoms with Crippen LogP contribution in [-0.4, -0.2) is 18.9 Å². The quantitative estimate of drug-likeness (QED) is 0.562. The maximum atomic E-state index is 11.7. The van der Waals surface area contributed by atoms with Crippen molar-refractivity contribution in [3.05, 3.63) is 12.2 Å². The summed E-state index contributed by atoms with van der Waals surface area (Å²) < 4.78 is 4.27. The molecule has 0 saturated heterocycles. The molecule has 2 unspecified atom stereocenters. The molecule has 0 fully saturated rings. The maximum absolute atomic E-state index is 11.7. The molecule has 112 valence electrons. The number of rotatable bonds is 5. The zero-order valence-corrected chi connectivity index (χ0v) is 13.7. The van der Waals surface area contributed by atoms with Gasteiger partial charge in [0.2, 0.25) is 0 Å². The molecule has 0 rings (SSSR count). The molecule has 0 heterocycles. The van der Waals surface area contributed by atoms with Crippen LogP contribution in [0.4, 0.5) is 0 Å². The standard InChI is InChI=1S/C11H22O.C5H8O2/c1-7(2)9(5)11(12)10(6)8(3)4;1-4(2)5(6)7-3/h7-10H,1-6H3;1H2,2-3H3. The topological polar surface area (TPSA) is 43.4 Å². The van der Waals surface area contributed by atoms with Crippen LogP contribution < -0.4 is 0 Å². The minimum Gasteiger partial charge on any atom is -0.466 e. The van der Waals surface area contributed by atoms with Gasteiger partial charge in [0.1, 0.15) is 5.78 Å². The third kappa shape index (κ3) is 8.57. The summed E-state index contributed by atoms with van der Waals surface area (Å²) in [6, 6.07) is 0. The highest BCUT2D eigenvalue weighted by atomic mass is 16.5.